The Hall–Kier alpha value is -0.721. The van der Waals surface area contributed by atoms with Crippen molar-refractivity contribution in [3.05, 3.63) is 42.7 Å². The number of allylic oxidation sites excluding steroid dienone is 1. The van der Waals surface area contributed by atoms with E-state index in [0.717, 1.165) is 6.61 Å². The number of rotatable bonds is 8. The summed E-state index contributed by atoms with van der Waals surface area (Å²) in [4.78, 5) is 0. The van der Waals surface area contributed by atoms with Crippen LogP contribution in [0.4, 0.5) is 0 Å². The molecule has 0 heterocycles. The molecule has 1 rings (SSSR count). The summed E-state index contributed by atoms with van der Waals surface area (Å²) < 4.78 is 7.10. The average Bonchev–Trinajstić information content (AvgIpc) is 2.38. The molecule has 18 heavy (non-hydrogen) atoms. The molecule has 1 nitrogen and oxygen atoms in total. The van der Waals surface area contributed by atoms with Crippen LogP contribution in [0.15, 0.2) is 42.7 Å². The zero-order valence-electron chi connectivity index (χ0n) is 11.7. The van der Waals surface area contributed by atoms with Gasteiger partial charge in [0.1, 0.15) is 0 Å². The van der Waals surface area contributed by atoms with Crippen LogP contribution in [-0.2, 0) is 4.74 Å². The molecule has 1 aromatic carbocycles. The van der Waals surface area contributed by atoms with Gasteiger partial charge >= 0.3 is 118 Å². The summed E-state index contributed by atoms with van der Waals surface area (Å²) in [5.41, 5.74) is 0. The molecule has 100 valence electrons. The van der Waals surface area contributed by atoms with Crippen molar-refractivity contribution in [3.8, 4) is 0 Å². The van der Waals surface area contributed by atoms with Gasteiger partial charge in [-0.2, -0.15) is 0 Å². The van der Waals surface area contributed by atoms with Crippen LogP contribution < -0.4 is 4.46 Å². The summed E-state index contributed by atoms with van der Waals surface area (Å²) in [6, 6.07) is 10.8. The molecule has 2 heteroatoms. The molecule has 0 saturated heterocycles. The Morgan fingerprint density at radius 2 is 1.94 bits per heavy atom. The van der Waals surface area contributed by atoms with Gasteiger partial charge < -0.3 is 0 Å². The van der Waals surface area contributed by atoms with E-state index >= 15 is 0 Å². The van der Waals surface area contributed by atoms with Gasteiger partial charge in [0.2, 0.25) is 0 Å². The Bertz CT molecular complexity index is 347. The molecule has 0 radical (unpaired) electrons. The number of benzene rings is 1. The van der Waals surface area contributed by atoms with Gasteiger partial charge in [0.25, 0.3) is 0 Å². The molecule has 0 saturated carbocycles. The summed E-state index contributed by atoms with van der Waals surface area (Å²) in [5, 5.41) is 0. The zero-order chi connectivity index (χ0) is 13.3. The van der Waals surface area contributed by atoms with Gasteiger partial charge in [-0.25, -0.2) is 0 Å². The van der Waals surface area contributed by atoms with Crippen LogP contribution in [0.2, 0.25) is 4.31 Å². The third-order valence-electron chi connectivity index (χ3n) is 2.80. The number of ether oxygens (including phenoxy) is 1. The molecule has 0 N–H and O–H groups in total. The quantitative estimate of drug-likeness (QED) is 0.522. The number of hydrogen-bond donors (Lipinski definition) is 0. The van der Waals surface area contributed by atoms with E-state index < -0.39 is 0 Å². The first kappa shape index (κ1) is 15.3. The Balaban J connectivity index is 2.70. The molecule has 1 atom stereocenters. The number of hydrogen-bond acceptors (Lipinski definition) is 1. The van der Waals surface area contributed by atoms with E-state index in [2.05, 4.69) is 50.3 Å². The standard InChI is InChI=1S/C16H24OSe/c1-4-6-12-16(3,13-14-17-5-2)18-15-10-8-7-9-11-15/h7-11,13-14H,4-6,12H2,1-3H3/b14-13-. The van der Waals surface area contributed by atoms with Gasteiger partial charge in [-0.1, -0.05) is 0 Å². The minimum absolute atomic E-state index is 0.263. The fraction of sp³-hybridized carbons (Fsp3) is 0.500. The normalized spacial score (nSPS) is 14.6. The van der Waals surface area contributed by atoms with E-state index in [4.69, 9.17) is 4.74 Å². The van der Waals surface area contributed by atoms with E-state index in [1.54, 1.807) is 0 Å². The fourth-order valence-electron chi connectivity index (χ4n) is 1.74. The molecule has 0 bridgehead atoms. The van der Waals surface area contributed by atoms with Crippen LogP contribution in [0.5, 0.6) is 0 Å². The molecule has 0 aliphatic carbocycles. The van der Waals surface area contributed by atoms with Crippen LogP contribution in [0.25, 0.3) is 0 Å². The molecule has 0 spiro atoms. The molecular formula is C16H24OSe. The summed E-state index contributed by atoms with van der Waals surface area (Å²) >= 11 is 0.455. The first-order valence-corrected chi connectivity index (χ1v) is 8.45. The second kappa shape index (κ2) is 8.39. The monoisotopic (exact) mass is 312 g/mol. The van der Waals surface area contributed by atoms with Crippen molar-refractivity contribution in [2.45, 2.75) is 44.3 Å². The molecule has 0 aliphatic rings. The Kier molecular flexibility index (Phi) is 7.15. The van der Waals surface area contributed by atoms with Crippen molar-refractivity contribution >= 4 is 19.4 Å². The van der Waals surface area contributed by atoms with Gasteiger partial charge in [0.05, 0.1) is 0 Å². The first-order valence-electron chi connectivity index (χ1n) is 6.73. The van der Waals surface area contributed by atoms with Crippen molar-refractivity contribution in [2.75, 3.05) is 6.61 Å². The van der Waals surface area contributed by atoms with E-state index in [1.807, 2.05) is 13.2 Å². The zero-order valence-corrected chi connectivity index (χ0v) is 13.4. The molecule has 0 aliphatic heterocycles. The van der Waals surface area contributed by atoms with Crippen molar-refractivity contribution in [3.63, 3.8) is 0 Å². The van der Waals surface area contributed by atoms with Crippen molar-refractivity contribution in [2.24, 2.45) is 0 Å². The minimum atomic E-state index is 0.263. The van der Waals surface area contributed by atoms with Gasteiger partial charge in [0, 0.05) is 0 Å². The fourth-order valence-corrected chi connectivity index (χ4v) is 4.26. The Morgan fingerprint density at radius 3 is 2.56 bits per heavy atom. The topological polar surface area (TPSA) is 9.23 Å². The van der Waals surface area contributed by atoms with Crippen molar-refractivity contribution < 1.29 is 4.74 Å². The average molecular weight is 311 g/mol. The molecule has 0 fully saturated rings. The van der Waals surface area contributed by atoms with Gasteiger partial charge in [0.15, 0.2) is 0 Å². The van der Waals surface area contributed by atoms with Crippen molar-refractivity contribution in [1.82, 2.24) is 0 Å². The number of unbranched alkanes of at least 4 members (excludes halogenated alkanes) is 1. The molecule has 0 aromatic heterocycles. The van der Waals surface area contributed by atoms with Crippen LogP contribution in [0, 0.1) is 0 Å². The molecule has 0 amide bonds. The third-order valence-corrected chi connectivity index (χ3v) is 5.56. The maximum atomic E-state index is 5.38. The SMILES string of the molecule is CCCCC(C)(/C=C\OCC)[Se]c1ccccc1. The van der Waals surface area contributed by atoms with E-state index in [-0.39, 0.29) is 4.31 Å². The van der Waals surface area contributed by atoms with Crippen LogP contribution >= 0.6 is 0 Å². The summed E-state index contributed by atoms with van der Waals surface area (Å²) in [5.74, 6) is 0. The van der Waals surface area contributed by atoms with Crippen molar-refractivity contribution in [1.29, 1.82) is 0 Å². The van der Waals surface area contributed by atoms with Gasteiger partial charge in [-0.05, 0) is 0 Å². The first-order chi connectivity index (χ1) is 8.70. The van der Waals surface area contributed by atoms with Crippen LogP contribution in [0.1, 0.15) is 40.0 Å². The predicted octanol–water partition coefficient (Wildman–Crippen LogP) is 3.94. The van der Waals surface area contributed by atoms with E-state index in [1.165, 1.54) is 23.7 Å². The van der Waals surface area contributed by atoms with Crippen LogP contribution in [0.3, 0.4) is 0 Å². The van der Waals surface area contributed by atoms with Gasteiger partial charge in [-0.15, -0.1) is 0 Å². The summed E-state index contributed by atoms with van der Waals surface area (Å²) in [7, 11) is 0. The molecular weight excluding hydrogens is 287 g/mol. The predicted molar refractivity (Wildman–Crippen MR) is 80.5 cm³/mol. The maximum absolute atomic E-state index is 5.38. The Labute approximate surface area is 118 Å². The van der Waals surface area contributed by atoms with Crippen LogP contribution in [-0.4, -0.2) is 21.6 Å². The second-order valence-electron chi connectivity index (χ2n) is 4.59. The van der Waals surface area contributed by atoms with E-state index in [0.29, 0.717) is 15.0 Å². The third kappa shape index (κ3) is 5.75. The van der Waals surface area contributed by atoms with Gasteiger partial charge in [-0.3, -0.25) is 0 Å². The second-order valence-corrected chi connectivity index (χ2v) is 7.96. The molecule has 1 unspecified atom stereocenters. The Morgan fingerprint density at radius 1 is 1.22 bits per heavy atom. The molecule has 1 aromatic rings. The summed E-state index contributed by atoms with van der Waals surface area (Å²) in [6.07, 6.45) is 7.92. The summed E-state index contributed by atoms with van der Waals surface area (Å²) in [6.45, 7) is 7.38. The van der Waals surface area contributed by atoms with E-state index in [9.17, 15) is 0 Å².